The van der Waals surface area contributed by atoms with Crippen LogP contribution in [0.15, 0.2) is 53.1 Å². The first-order valence-electron chi connectivity index (χ1n) is 13.0. The van der Waals surface area contributed by atoms with Gasteiger partial charge in [0.1, 0.15) is 11.4 Å². The fourth-order valence-electron chi connectivity index (χ4n) is 7.50. The van der Waals surface area contributed by atoms with Gasteiger partial charge in [0, 0.05) is 17.2 Å². The lowest BCUT2D eigenvalue weighted by molar-refractivity contribution is -0.0593. The van der Waals surface area contributed by atoms with Gasteiger partial charge in [0.25, 0.3) is 0 Å². The molecule has 2 aromatic carbocycles. The summed E-state index contributed by atoms with van der Waals surface area (Å²) in [4.78, 5) is 11.1. The van der Waals surface area contributed by atoms with Crippen LogP contribution in [0.3, 0.4) is 0 Å². The smallest absolute Gasteiger partial charge is 0.335 e. The van der Waals surface area contributed by atoms with Gasteiger partial charge in [-0.25, -0.2) is 4.79 Å². The molecule has 0 spiro atoms. The monoisotopic (exact) mass is 471 g/mol. The summed E-state index contributed by atoms with van der Waals surface area (Å²) >= 11 is 0. The van der Waals surface area contributed by atoms with Crippen molar-refractivity contribution in [1.29, 1.82) is 0 Å². The van der Waals surface area contributed by atoms with Crippen LogP contribution in [0.4, 0.5) is 0 Å². The lowest BCUT2D eigenvalue weighted by Gasteiger charge is -2.57. The van der Waals surface area contributed by atoms with E-state index in [9.17, 15) is 4.79 Å². The summed E-state index contributed by atoms with van der Waals surface area (Å²) in [5, 5.41) is 13.4. The van der Waals surface area contributed by atoms with E-state index in [-0.39, 0.29) is 5.56 Å². The average Bonchev–Trinajstić information content (AvgIpc) is 3.31. The van der Waals surface area contributed by atoms with Gasteiger partial charge in [-0.3, -0.25) is 0 Å². The molecule has 0 radical (unpaired) electrons. The first-order valence-corrected chi connectivity index (χ1v) is 13.0. The molecule has 5 heteroatoms. The number of carboxylic acids is 1. The topological polar surface area (TPSA) is 72.6 Å². The van der Waals surface area contributed by atoms with Crippen LogP contribution < -0.4 is 4.74 Å². The van der Waals surface area contributed by atoms with Crippen LogP contribution in [0.25, 0.3) is 22.6 Å². The molecule has 35 heavy (non-hydrogen) atoms. The van der Waals surface area contributed by atoms with Crippen molar-refractivity contribution < 1.29 is 19.2 Å². The Hall–Kier alpha value is -3.08. The highest BCUT2D eigenvalue weighted by Crippen LogP contribution is 2.61. The highest BCUT2D eigenvalue weighted by atomic mass is 16.5. The minimum atomic E-state index is -0.945. The molecule has 0 amide bonds. The van der Waals surface area contributed by atoms with Crippen molar-refractivity contribution in [1.82, 2.24) is 5.16 Å². The number of hydrogen-bond donors (Lipinski definition) is 1. The number of aromatic carboxylic acids is 1. The number of aromatic nitrogens is 1. The average molecular weight is 472 g/mol. The zero-order valence-electron chi connectivity index (χ0n) is 20.3. The second-order valence-corrected chi connectivity index (χ2v) is 11.3. The molecule has 4 aliphatic rings. The summed E-state index contributed by atoms with van der Waals surface area (Å²) in [7, 11) is 0. The first kappa shape index (κ1) is 22.4. The highest BCUT2D eigenvalue weighted by Gasteiger charge is 2.50. The normalized spacial score (nSPS) is 26.7. The molecule has 1 aromatic heterocycles. The third-order valence-electron chi connectivity index (χ3n) is 8.61. The molecule has 1 heterocycles. The molecule has 4 bridgehead atoms. The quantitative estimate of drug-likeness (QED) is 0.347. The predicted octanol–water partition coefficient (Wildman–Crippen LogP) is 7.39. The molecule has 182 valence electrons. The van der Waals surface area contributed by atoms with E-state index in [0.29, 0.717) is 11.2 Å². The Balaban J connectivity index is 1.13. The largest absolute Gasteiger partial charge is 0.493 e. The van der Waals surface area contributed by atoms with E-state index in [1.54, 1.807) is 24.3 Å². The van der Waals surface area contributed by atoms with Crippen LogP contribution >= 0.6 is 0 Å². The van der Waals surface area contributed by atoms with Crippen LogP contribution in [0, 0.1) is 30.1 Å². The Labute approximate surface area is 206 Å². The summed E-state index contributed by atoms with van der Waals surface area (Å²) in [5.41, 5.74) is 4.42. The van der Waals surface area contributed by atoms with E-state index in [2.05, 4.69) is 24.2 Å². The minimum absolute atomic E-state index is 0.247. The van der Waals surface area contributed by atoms with Crippen LogP contribution in [-0.2, 0) is 0 Å². The van der Waals surface area contributed by atoms with E-state index in [4.69, 9.17) is 14.4 Å². The molecule has 4 fully saturated rings. The van der Waals surface area contributed by atoms with Crippen LogP contribution in [0.5, 0.6) is 5.75 Å². The molecular formula is C30H33NO4. The number of aryl methyl sites for hydroxylation is 1. The number of carboxylic acid groups (broad SMARTS) is 1. The van der Waals surface area contributed by atoms with Gasteiger partial charge in [0.2, 0.25) is 0 Å². The van der Waals surface area contributed by atoms with E-state index >= 15 is 0 Å². The first-order chi connectivity index (χ1) is 17.0. The van der Waals surface area contributed by atoms with Gasteiger partial charge in [-0.05, 0) is 111 Å². The molecule has 1 N–H and O–H groups in total. The van der Waals surface area contributed by atoms with Crippen molar-refractivity contribution in [3.05, 3.63) is 59.7 Å². The number of ether oxygens (including phenoxy) is 1. The van der Waals surface area contributed by atoms with Gasteiger partial charge in [-0.2, -0.15) is 0 Å². The molecule has 0 atom stereocenters. The minimum Gasteiger partial charge on any atom is -0.493 e. The second-order valence-electron chi connectivity index (χ2n) is 11.3. The predicted molar refractivity (Wildman–Crippen MR) is 134 cm³/mol. The Kier molecular flexibility index (Phi) is 5.66. The van der Waals surface area contributed by atoms with Crippen molar-refractivity contribution >= 4 is 5.97 Å². The zero-order valence-corrected chi connectivity index (χ0v) is 20.3. The molecule has 4 aliphatic carbocycles. The number of nitrogens with zero attached hydrogens (tertiary/aromatic N) is 1. The number of benzene rings is 2. The van der Waals surface area contributed by atoms with Gasteiger partial charge in [0.15, 0.2) is 5.76 Å². The summed E-state index contributed by atoms with van der Waals surface area (Å²) in [6.07, 6.45) is 11.2. The van der Waals surface area contributed by atoms with Crippen molar-refractivity contribution in [2.75, 3.05) is 6.61 Å². The highest BCUT2D eigenvalue weighted by molar-refractivity contribution is 5.88. The fourth-order valence-corrected chi connectivity index (χ4v) is 7.50. The maximum Gasteiger partial charge on any atom is 0.335 e. The van der Waals surface area contributed by atoms with Gasteiger partial charge in [-0.1, -0.05) is 23.4 Å². The molecule has 5 nitrogen and oxygen atoms in total. The van der Waals surface area contributed by atoms with Crippen LogP contribution in [0.2, 0.25) is 0 Å². The Morgan fingerprint density at radius 3 is 2.37 bits per heavy atom. The molecule has 7 rings (SSSR count). The standard InChI is InChI=1S/C30H33NO4/c1-19-3-8-25(26-15-27(35-31-26)23-4-6-24(7-5-23)29(32)33)28(11-19)34-10-2-9-30-16-20-12-21(17-30)14-22(13-20)18-30/h3-8,11,15,20-22H,2,9-10,12-14,16-18H2,1H3,(H,32,33). The van der Waals surface area contributed by atoms with Gasteiger partial charge >= 0.3 is 5.97 Å². The summed E-state index contributed by atoms with van der Waals surface area (Å²) in [6.45, 7) is 2.80. The zero-order chi connectivity index (χ0) is 24.0. The molecule has 3 aromatic rings. The summed E-state index contributed by atoms with van der Waals surface area (Å²) < 4.78 is 11.9. The van der Waals surface area contributed by atoms with E-state index in [1.165, 1.54) is 44.9 Å². The lowest BCUT2D eigenvalue weighted by atomic mass is 9.48. The van der Waals surface area contributed by atoms with Crippen molar-refractivity contribution in [2.45, 2.75) is 58.3 Å². The van der Waals surface area contributed by atoms with E-state index < -0.39 is 5.97 Å². The van der Waals surface area contributed by atoms with Gasteiger partial charge in [-0.15, -0.1) is 0 Å². The fraction of sp³-hybridized carbons (Fsp3) is 0.467. The number of hydrogen-bond acceptors (Lipinski definition) is 4. The SMILES string of the molecule is Cc1ccc(-c2cc(-c3ccc(C(=O)O)cc3)on2)c(OCCCC23CC4CC(CC(C4)C2)C3)c1. The Morgan fingerprint density at radius 1 is 1.03 bits per heavy atom. The third kappa shape index (κ3) is 4.49. The van der Waals surface area contributed by atoms with Crippen molar-refractivity contribution in [3.8, 4) is 28.3 Å². The van der Waals surface area contributed by atoms with E-state index in [1.807, 2.05) is 12.1 Å². The van der Waals surface area contributed by atoms with Crippen LogP contribution in [0.1, 0.15) is 67.3 Å². The van der Waals surface area contributed by atoms with Gasteiger partial charge < -0.3 is 14.4 Å². The van der Waals surface area contributed by atoms with Crippen molar-refractivity contribution in [3.63, 3.8) is 0 Å². The maximum atomic E-state index is 11.1. The Bertz CT molecular complexity index is 1190. The molecular weight excluding hydrogens is 438 g/mol. The second kappa shape index (κ2) is 8.85. The molecule has 4 saturated carbocycles. The van der Waals surface area contributed by atoms with Crippen LogP contribution in [-0.4, -0.2) is 22.8 Å². The molecule has 0 unspecified atom stereocenters. The Morgan fingerprint density at radius 2 is 1.71 bits per heavy atom. The third-order valence-corrected chi connectivity index (χ3v) is 8.61. The number of rotatable bonds is 8. The summed E-state index contributed by atoms with van der Waals surface area (Å²) in [5.74, 6) is 3.48. The van der Waals surface area contributed by atoms with Crippen molar-refractivity contribution in [2.24, 2.45) is 23.2 Å². The van der Waals surface area contributed by atoms with E-state index in [0.717, 1.165) is 58.9 Å². The molecule has 0 saturated heterocycles. The van der Waals surface area contributed by atoms with Gasteiger partial charge in [0.05, 0.1) is 12.2 Å². The lowest BCUT2D eigenvalue weighted by Crippen LogP contribution is -2.46. The summed E-state index contributed by atoms with van der Waals surface area (Å²) in [6, 6.07) is 14.7. The number of carbonyl (C=O) groups is 1. The molecule has 0 aliphatic heterocycles. The maximum absolute atomic E-state index is 11.1.